The zero-order valence-corrected chi connectivity index (χ0v) is 9.47. The second-order valence-electron chi connectivity index (χ2n) is 4.09. The molecule has 0 saturated carbocycles. The molecular weight excluding hydrogens is 217 g/mol. The quantitative estimate of drug-likeness (QED) is 0.749. The molecule has 1 aliphatic heterocycles. The van der Waals surface area contributed by atoms with Gasteiger partial charge in [-0.1, -0.05) is 0 Å². The minimum Gasteiger partial charge on any atom is -0.340 e. The molecule has 4 heteroatoms. The Morgan fingerprint density at radius 3 is 2.71 bits per heavy atom. The summed E-state index contributed by atoms with van der Waals surface area (Å²) < 4.78 is 12.9. The lowest BCUT2D eigenvalue weighted by Gasteiger charge is -2.18. The molecule has 3 nitrogen and oxygen atoms in total. The highest BCUT2D eigenvalue weighted by atomic mass is 19.1. The van der Waals surface area contributed by atoms with Crippen molar-refractivity contribution in [2.24, 2.45) is 0 Å². The van der Waals surface area contributed by atoms with Crippen LogP contribution in [0.5, 0.6) is 0 Å². The monoisotopic (exact) mass is 229 g/mol. The molecule has 1 aromatic heterocycles. The van der Waals surface area contributed by atoms with Crippen LogP contribution in [-0.2, 0) is 0 Å². The third-order valence-electron chi connectivity index (χ3n) is 2.91. The molecule has 0 saturated heterocycles. The van der Waals surface area contributed by atoms with E-state index in [0.717, 1.165) is 23.9 Å². The van der Waals surface area contributed by atoms with Crippen molar-refractivity contribution >= 4 is 17.2 Å². The second kappa shape index (κ2) is 3.73. The molecule has 0 amide bonds. The van der Waals surface area contributed by atoms with Gasteiger partial charge in [-0.25, -0.2) is 9.37 Å². The van der Waals surface area contributed by atoms with Crippen molar-refractivity contribution in [3.05, 3.63) is 48.4 Å². The highest BCUT2D eigenvalue weighted by Gasteiger charge is 2.24. The molecule has 1 aromatic carbocycles. The maximum Gasteiger partial charge on any atom is 0.153 e. The second-order valence-corrected chi connectivity index (χ2v) is 4.09. The fourth-order valence-corrected chi connectivity index (χ4v) is 2.09. The molecule has 0 fully saturated rings. The van der Waals surface area contributed by atoms with Crippen molar-refractivity contribution in [2.75, 3.05) is 23.5 Å². The fourth-order valence-electron chi connectivity index (χ4n) is 2.09. The van der Waals surface area contributed by atoms with E-state index < -0.39 is 0 Å². The van der Waals surface area contributed by atoms with Crippen molar-refractivity contribution in [1.82, 2.24) is 4.98 Å². The highest BCUT2D eigenvalue weighted by Crippen LogP contribution is 2.37. The van der Waals surface area contributed by atoms with Crippen molar-refractivity contribution in [1.29, 1.82) is 0 Å². The zero-order chi connectivity index (χ0) is 11.8. The van der Waals surface area contributed by atoms with E-state index in [1.165, 1.54) is 12.1 Å². The summed E-state index contributed by atoms with van der Waals surface area (Å²) in [5.41, 5.74) is 2.03. The van der Waals surface area contributed by atoms with Crippen molar-refractivity contribution in [3.63, 3.8) is 0 Å². The van der Waals surface area contributed by atoms with Crippen LogP contribution in [0.25, 0.3) is 0 Å². The van der Waals surface area contributed by atoms with E-state index in [1.54, 1.807) is 18.3 Å². The van der Waals surface area contributed by atoms with Gasteiger partial charge in [-0.2, -0.15) is 0 Å². The molecule has 3 rings (SSSR count). The van der Waals surface area contributed by atoms with Crippen LogP contribution in [0, 0.1) is 5.82 Å². The standard InChI is InChI=1S/C13H12FN3/c1-16-9-17(11-6-4-10(14)5-7-11)12-3-2-8-15-13(12)16/h2-8H,9H2,1H3. The minimum atomic E-state index is -0.215. The van der Waals surface area contributed by atoms with Crippen molar-refractivity contribution in [3.8, 4) is 0 Å². The van der Waals surface area contributed by atoms with Gasteiger partial charge in [0.25, 0.3) is 0 Å². The number of aromatic nitrogens is 1. The maximum absolute atomic E-state index is 12.9. The first kappa shape index (κ1) is 10.1. The first-order valence-electron chi connectivity index (χ1n) is 5.45. The Morgan fingerprint density at radius 1 is 1.18 bits per heavy atom. The molecule has 0 radical (unpaired) electrons. The first-order chi connectivity index (χ1) is 8.25. The molecule has 0 aliphatic carbocycles. The number of benzene rings is 1. The predicted octanol–water partition coefficient (Wildman–Crippen LogP) is 2.77. The van der Waals surface area contributed by atoms with Gasteiger partial charge in [0.15, 0.2) is 5.82 Å². The summed E-state index contributed by atoms with van der Waals surface area (Å²) in [6.07, 6.45) is 1.78. The lowest BCUT2D eigenvalue weighted by atomic mass is 10.2. The summed E-state index contributed by atoms with van der Waals surface area (Å²) in [5.74, 6) is 0.740. The first-order valence-corrected chi connectivity index (χ1v) is 5.45. The van der Waals surface area contributed by atoms with E-state index in [4.69, 9.17) is 0 Å². The fraction of sp³-hybridized carbons (Fsp3) is 0.154. The lowest BCUT2D eigenvalue weighted by molar-refractivity contribution is 0.628. The number of hydrogen-bond donors (Lipinski definition) is 0. The largest absolute Gasteiger partial charge is 0.340 e. The molecule has 0 bridgehead atoms. The van der Waals surface area contributed by atoms with Gasteiger partial charge < -0.3 is 9.80 Å². The molecule has 0 N–H and O–H groups in total. The molecule has 1 aliphatic rings. The Morgan fingerprint density at radius 2 is 1.94 bits per heavy atom. The van der Waals surface area contributed by atoms with Crippen LogP contribution >= 0.6 is 0 Å². The smallest absolute Gasteiger partial charge is 0.153 e. The molecular formula is C13H12FN3. The molecule has 0 unspecified atom stereocenters. The number of fused-ring (bicyclic) bond motifs is 1. The van der Waals surface area contributed by atoms with E-state index in [0.29, 0.717) is 0 Å². The third-order valence-corrected chi connectivity index (χ3v) is 2.91. The van der Waals surface area contributed by atoms with Gasteiger partial charge in [-0.3, -0.25) is 0 Å². The molecule has 2 heterocycles. The number of rotatable bonds is 1. The molecule has 86 valence electrons. The van der Waals surface area contributed by atoms with Gasteiger partial charge in [0, 0.05) is 18.9 Å². The van der Waals surface area contributed by atoms with Gasteiger partial charge in [-0.15, -0.1) is 0 Å². The summed E-state index contributed by atoms with van der Waals surface area (Å²) in [4.78, 5) is 8.52. The summed E-state index contributed by atoms with van der Waals surface area (Å²) in [6.45, 7) is 0.734. The summed E-state index contributed by atoms with van der Waals surface area (Å²) in [7, 11) is 2.00. The van der Waals surface area contributed by atoms with Crippen molar-refractivity contribution < 1.29 is 4.39 Å². The van der Waals surface area contributed by atoms with Crippen LogP contribution in [0.3, 0.4) is 0 Å². The van der Waals surface area contributed by atoms with Gasteiger partial charge in [0.05, 0.1) is 12.4 Å². The van der Waals surface area contributed by atoms with Gasteiger partial charge in [-0.05, 0) is 36.4 Å². The zero-order valence-electron chi connectivity index (χ0n) is 9.47. The van der Waals surface area contributed by atoms with E-state index in [2.05, 4.69) is 14.8 Å². The maximum atomic E-state index is 12.9. The van der Waals surface area contributed by atoms with E-state index in [1.807, 2.05) is 19.2 Å². The normalized spacial score (nSPS) is 14.0. The third kappa shape index (κ3) is 1.62. The van der Waals surface area contributed by atoms with Crippen LogP contribution in [0.15, 0.2) is 42.6 Å². The van der Waals surface area contributed by atoms with Gasteiger partial charge in [0.1, 0.15) is 5.82 Å². The Bertz CT molecular complexity index is 539. The number of halogens is 1. The van der Waals surface area contributed by atoms with Crippen molar-refractivity contribution in [2.45, 2.75) is 0 Å². The van der Waals surface area contributed by atoms with Crippen LogP contribution in [0.4, 0.5) is 21.6 Å². The Labute approximate surface area is 99.1 Å². The number of anilines is 3. The SMILES string of the molecule is CN1CN(c2ccc(F)cc2)c2cccnc21. The average Bonchev–Trinajstić information content (AvgIpc) is 2.69. The highest BCUT2D eigenvalue weighted by molar-refractivity contribution is 5.79. The molecule has 2 aromatic rings. The topological polar surface area (TPSA) is 19.4 Å². The minimum absolute atomic E-state index is 0.215. The van der Waals surface area contributed by atoms with E-state index in [-0.39, 0.29) is 5.82 Å². The molecule has 0 atom stereocenters. The number of nitrogens with zero attached hydrogens (tertiary/aromatic N) is 3. The van der Waals surface area contributed by atoms with Gasteiger partial charge in [0.2, 0.25) is 0 Å². The Kier molecular flexibility index (Phi) is 2.21. The van der Waals surface area contributed by atoms with Crippen LogP contribution in [0.2, 0.25) is 0 Å². The number of pyridine rings is 1. The lowest BCUT2D eigenvalue weighted by Crippen LogP contribution is -2.24. The number of hydrogen-bond acceptors (Lipinski definition) is 3. The molecule has 0 spiro atoms. The van der Waals surface area contributed by atoms with Gasteiger partial charge >= 0.3 is 0 Å². The molecule has 17 heavy (non-hydrogen) atoms. The Balaban J connectivity index is 2.04. The average molecular weight is 229 g/mol. The van der Waals surface area contributed by atoms with Crippen LogP contribution in [-0.4, -0.2) is 18.7 Å². The van der Waals surface area contributed by atoms with Crippen LogP contribution in [0.1, 0.15) is 0 Å². The summed E-state index contributed by atoms with van der Waals surface area (Å²) >= 11 is 0. The summed E-state index contributed by atoms with van der Waals surface area (Å²) in [5, 5.41) is 0. The van der Waals surface area contributed by atoms with Crippen LogP contribution < -0.4 is 9.80 Å². The van der Waals surface area contributed by atoms with E-state index in [9.17, 15) is 4.39 Å². The summed E-state index contributed by atoms with van der Waals surface area (Å²) in [6, 6.07) is 10.5. The van der Waals surface area contributed by atoms with E-state index >= 15 is 0 Å². The predicted molar refractivity (Wildman–Crippen MR) is 66.0 cm³/mol. The Hall–Kier alpha value is -2.10.